The molecular formula is C31H44ClNO3. The fourth-order valence-electron chi connectivity index (χ4n) is 5.12. The van der Waals surface area contributed by atoms with Crippen LogP contribution in [0.4, 0.5) is 0 Å². The molecule has 0 spiro atoms. The summed E-state index contributed by atoms with van der Waals surface area (Å²) in [6.07, 6.45) is 13.5. The second-order valence-electron chi connectivity index (χ2n) is 10.1. The molecule has 1 aliphatic heterocycles. The first-order valence-electron chi connectivity index (χ1n) is 14.0. The second kappa shape index (κ2) is 16.8. The quantitative estimate of drug-likeness (QED) is 0.121. The van der Waals surface area contributed by atoms with Gasteiger partial charge in [0.1, 0.15) is 0 Å². The molecule has 0 bridgehead atoms. The highest BCUT2D eigenvalue weighted by molar-refractivity contribution is 6.13. The van der Waals surface area contributed by atoms with Gasteiger partial charge in [0.15, 0.2) is 0 Å². The Bertz CT molecular complexity index is 847. The summed E-state index contributed by atoms with van der Waals surface area (Å²) in [5.74, 6) is -0.138. The fraction of sp³-hybridized carbons (Fsp3) is 0.581. The lowest BCUT2D eigenvalue weighted by Crippen LogP contribution is -2.41. The summed E-state index contributed by atoms with van der Waals surface area (Å²) in [5.41, 5.74) is 1.77. The van der Waals surface area contributed by atoms with Crippen LogP contribution in [0.25, 0.3) is 0 Å². The van der Waals surface area contributed by atoms with Crippen molar-refractivity contribution in [1.29, 1.82) is 0 Å². The van der Waals surface area contributed by atoms with E-state index in [9.17, 15) is 4.79 Å². The Morgan fingerprint density at radius 2 is 1.56 bits per heavy atom. The predicted octanol–water partition coefficient (Wildman–Crippen LogP) is 8.19. The monoisotopic (exact) mass is 513 g/mol. The molecule has 2 aromatic rings. The van der Waals surface area contributed by atoms with Crippen LogP contribution >= 0.6 is 11.8 Å². The molecule has 5 heteroatoms. The molecule has 0 aromatic heterocycles. The third-order valence-electron chi connectivity index (χ3n) is 7.22. The smallest absolute Gasteiger partial charge is 0.338 e. The van der Waals surface area contributed by atoms with Crippen molar-refractivity contribution in [3.05, 3.63) is 71.8 Å². The largest absolute Gasteiger partial charge is 0.462 e. The van der Waals surface area contributed by atoms with Crippen molar-refractivity contribution in [2.45, 2.75) is 96.2 Å². The minimum atomic E-state index is -0.269. The zero-order chi connectivity index (χ0) is 25.4. The Hall–Kier alpha value is -1.88. The summed E-state index contributed by atoms with van der Waals surface area (Å²) in [5, 5.41) is 0. The number of carbonyl (C=O) groups excluding carboxylic acids is 1. The summed E-state index contributed by atoms with van der Waals surface area (Å²) in [4.78, 5) is 12.6. The summed E-state index contributed by atoms with van der Waals surface area (Å²) >= 11 is 6.82. The van der Waals surface area contributed by atoms with Gasteiger partial charge in [-0.2, -0.15) is 0 Å². The van der Waals surface area contributed by atoms with Crippen LogP contribution in [0.5, 0.6) is 0 Å². The van der Waals surface area contributed by atoms with E-state index in [0.717, 1.165) is 19.3 Å². The van der Waals surface area contributed by atoms with Crippen molar-refractivity contribution in [3.63, 3.8) is 0 Å². The Balaban J connectivity index is 1.54. The molecule has 0 amide bonds. The lowest BCUT2D eigenvalue weighted by molar-refractivity contribution is -0.00586. The highest BCUT2D eigenvalue weighted by Gasteiger charge is 2.38. The van der Waals surface area contributed by atoms with Gasteiger partial charge in [-0.15, -0.1) is 0 Å². The minimum absolute atomic E-state index is 0.0381. The number of hydrogen-bond donors (Lipinski definition) is 0. The van der Waals surface area contributed by atoms with E-state index in [4.69, 9.17) is 21.3 Å². The average Bonchev–Trinajstić information content (AvgIpc) is 3.40. The normalized spacial score (nSPS) is 18.4. The molecule has 3 rings (SSSR count). The Morgan fingerprint density at radius 3 is 2.22 bits per heavy atom. The molecule has 3 unspecified atom stereocenters. The van der Waals surface area contributed by atoms with Crippen molar-refractivity contribution in [2.75, 3.05) is 13.2 Å². The van der Waals surface area contributed by atoms with E-state index in [0.29, 0.717) is 25.3 Å². The van der Waals surface area contributed by atoms with E-state index in [1.807, 2.05) is 40.8 Å². The molecule has 0 aliphatic carbocycles. The fourth-order valence-corrected chi connectivity index (χ4v) is 5.47. The van der Waals surface area contributed by atoms with Crippen LogP contribution in [0.15, 0.2) is 60.7 Å². The summed E-state index contributed by atoms with van der Waals surface area (Å²) in [6.45, 7) is 3.98. The van der Waals surface area contributed by atoms with E-state index in [-0.39, 0.29) is 24.0 Å². The molecule has 1 fully saturated rings. The van der Waals surface area contributed by atoms with Crippen LogP contribution < -0.4 is 0 Å². The van der Waals surface area contributed by atoms with E-state index in [2.05, 4.69) is 19.1 Å². The number of benzene rings is 2. The summed E-state index contributed by atoms with van der Waals surface area (Å²) < 4.78 is 13.9. The molecule has 1 saturated heterocycles. The first-order chi connectivity index (χ1) is 17.7. The maximum absolute atomic E-state index is 12.6. The second-order valence-corrected chi connectivity index (χ2v) is 10.5. The van der Waals surface area contributed by atoms with Crippen molar-refractivity contribution >= 4 is 17.7 Å². The van der Waals surface area contributed by atoms with Crippen LogP contribution in [0, 0.1) is 5.92 Å². The highest BCUT2D eigenvalue weighted by Crippen LogP contribution is 2.31. The van der Waals surface area contributed by atoms with E-state index < -0.39 is 0 Å². The highest BCUT2D eigenvalue weighted by atomic mass is 35.5. The number of ether oxygens (including phenoxy) is 2. The van der Waals surface area contributed by atoms with Crippen molar-refractivity contribution in [3.8, 4) is 0 Å². The van der Waals surface area contributed by atoms with Crippen molar-refractivity contribution in [2.24, 2.45) is 5.92 Å². The van der Waals surface area contributed by atoms with Gasteiger partial charge in [0, 0.05) is 19.1 Å². The number of carbonyl (C=O) groups is 1. The Morgan fingerprint density at radius 1 is 0.944 bits per heavy atom. The molecule has 36 heavy (non-hydrogen) atoms. The van der Waals surface area contributed by atoms with Crippen LogP contribution in [-0.4, -0.2) is 35.7 Å². The van der Waals surface area contributed by atoms with Crippen molar-refractivity contribution in [1.82, 2.24) is 4.42 Å². The average molecular weight is 514 g/mol. The molecule has 1 aliphatic rings. The Labute approximate surface area is 223 Å². The Kier molecular flexibility index (Phi) is 13.4. The molecule has 4 nitrogen and oxygen atoms in total. The van der Waals surface area contributed by atoms with Crippen LogP contribution in [0.3, 0.4) is 0 Å². The minimum Gasteiger partial charge on any atom is -0.462 e. The molecule has 1 heterocycles. The third-order valence-corrected chi connectivity index (χ3v) is 7.59. The van der Waals surface area contributed by atoms with Crippen LogP contribution in [-0.2, 0) is 16.0 Å². The first kappa shape index (κ1) is 28.7. The zero-order valence-electron chi connectivity index (χ0n) is 22.0. The number of hydrogen-bond acceptors (Lipinski definition) is 4. The van der Waals surface area contributed by atoms with Gasteiger partial charge in [-0.1, -0.05) is 113 Å². The van der Waals surface area contributed by atoms with Gasteiger partial charge < -0.3 is 9.47 Å². The summed E-state index contributed by atoms with van der Waals surface area (Å²) in [7, 11) is 0. The lowest BCUT2D eigenvalue weighted by atomic mass is 9.91. The number of nitrogens with zero attached hydrogens (tertiary/aromatic N) is 1. The zero-order valence-corrected chi connectivity index (χ0v) is 22.7. The number of esters is 1. The summed E-state index contributed by atoms with van der Waals surface area (Å²) in [6, 6.07) is 19.6. The molecule has 198 valence electrons. The van der Waals surface area contributed by atoms with Gasteiger partial charge in [0.25, 0.3) is 0 Å². The molecular weight excluding hydrogens is 470 g/mol. The number of unbranched alkanes of at least 4 members (excludes halogenated alkanes) is 8. The van der Waals surface area contributed by atoms with Crippen molar-refractivity contribution < 1.29 is 14.3 Å². The van der Waals surface area contributed by atoms with Gasteiger partial charge in [-0.25, -0.2) is 9.21 Å². The van der Waals surface area contributed by atoms with Crippen LogP contribution in [0.1, 0.15) is 93.5 Å². The van der Waals surface area contributed by atoms with E-state index >= 15 is 0 Å². The topological polar surface area (TPSA) is 38.8 Å². The molecule has 3 atom stereocenters. The standard InChI is InChI=1S/C31H44ClNO3/c1-2-3-4-5-6-7-8-9-14-21-28(25-36-31(34)27-19-15-11-16-20-27)30-29(22-23-35-30)33(32)24-26-17-12-10-13-18-26/h10-13,15-20,28-30H,2-9,14,21-25H2,1H3. The van der Waals surface area contributed by atoms with Crippen LogP contribution in [0.2, 0.25) is 0 Å². The molecule has 2 aromatic carbocycles. The molecule has 0 saturated carbocycles. The van der Waals surface area contributed by atoms with E-state index in [1.54, 1.807) is 12.1 Å². The van der Waals surface area contributed by atoms with Gasteiger partial charge >= 0.3 is 5.97 Å². The maximum atomic E-state index is 12.6. The van der Waals surface area contributed by atoms with Gasteiger partial charge in [0.05, 0.1) is 24.3 Å². The van der Waals surface area contributed by atoms with Gasteiger partial charge in [-0.3, -0.25) is 0 Å². The number of rotatable bonds is 17. The third kappa shape index (κ3) is 9.88. The van der Waals surface area contributed by atoms with Gasteiger partial charge in [-0.05, 0) is 42.3 Å². The SMILES string of the molecule is CCCCCCCCCCCC(COC(=O)c1ccccc1)C1OCCC1N(Cl)Cc1ccccc1. The number of halogens is 1. The van der Waals surface area contributed by atoms with E-state index in [1.165, 1.54) is 56.9 Å². The van der Waals surface area contributed by atoms with Gasteiger partial charge in [0.2, 0.25) is 0 Å². The predicted molar refractivity (Wildman–Crippen MR) is 148 cm³/mol. The first-order valence-corrected chi connectivity index (χ1v) is 14.3. The molecule has 0 N–H and O–H groups in total. The lowest BCUT2D eigenvalue weighted by Gasteiger charge is -2.31. The maximum Gasteiger partial charge on any atom is 0.338 e. The molecule has 0 radical (unpaired) electrons.